The van der Waals surface area contributed by atoms with E-state index in [1.165, 1.54) is 19.2 Å². The van der Waals surface area contributed by atoms with Crippen LogP contribution in [0.15, 0.2) is 24.3 Å². The molecule has 1 fully saturated rings. The number of esters is 1. The lowest BCUT2D eigenvalue weighted by Gasteiger charge is -2.29. The highest BCUT2D eigenvalue weighted by molar-refractivity contribution is 7.84. The average molecular weight is 336 g/mol. The molecule has 0 bridgehead atoms. The summed E-state index contributed by atoms with van der Waals surface area (Å²) in [5, 5.41) is 2.61. The van der Waals surface area contributed by atoms with Crippen molar-refractivity contribution in [1.82, 2.24) is 5.09 Å². The SMILES string of the molecule is COC(=O)C1(NP(=O)(Cl)Oc2ccc(F)cc2)CCCC1. The normalized spacial score (nSPS) is 19.8. The Morgan fingerprint density at radius 2 is 1.90 bits per heavy atom. The summed E-state index contributed by atoms with van der Waals surface area (Å²) in [7, 11) is 1.27. The molecule has 1 saturated carbocycles. The van der Waals surface area contributed by atoms with Crippen molar-refractivity contribution in [3.63, 3.8) is 0 Å². The van der Waals surface area contributed by atoms with Crippen LogP contribution in [0.5, 0.6) is 5.75 Å². The molecule has 1 aromatic carbocycles. The first-order chi connectivity index (χ1) is 9.87. The summed E-state index contributed by atoms with van der Waals surface area (Å²) in [4.78, 5) is 11.9. The Kier molecular flexibility index (Phi) is 4.91. The third-order valence-electron chi connectivity index (χ3n) is 3.42. The molecule has 1 aromatic rings. The number of hydrogen-bond acceptors (Lipinski definition) is 4. The maximum absolute atomic E-state index is 12.8. The van der Waals surface area contributed by atoms with Gasteiger partial charge in [-0.3, -0.25) is 4.79 Å². The van der Waals surface area contributed by atoms with Crippen molar-refractivity contribution in [3.8, 4) is 5.75 Å². The first kappa shape index (κ1) is 16.3. The minimum Gasteiger partial charge on any atom is -0.468 e. The third-order valence-corrected chi connectivity index (χ3v) is 5.02. The van der Waals surface area contributed by atoms with E-state index in [1.807, 2.05) is 0 Å². The van der Waals surface area contributed by atoms with Crippen molar-refractivity contribution >= 4 is 24.1 Å². The fourth-order valence-electron chi connectivity index (χ4n) is 2.44. The van der Waals surface area contributed by atoms with Gasteiger partial charge in [-0.05, 0) is 37.1 Å². The first-order valence-electron chi connectivity index (χ1n) is 6.50. The summed E-state index contributed by atoms with van der Waals surface area (Å²) in [6.45, 7) is -3.81. The second-order valence-corrected chi connectivity index (χ2v) is 7.62. The summed E-state index contributed by atoms with van der Waals surface area (Å²) in [6.07, 6.45) is 2.55. The minimum absolute atomic E-state index is 0.153. The molecule has 116 valence electrons. The molecule has 0 amide bonds. The van der Waals surface area contributed by atoms with Crippen LogP contribution in [0.2, 0.25) is 0 Å². The van der Waals surface area contributed by atoms with E-state index in [2.05, 4.69) is 5.09 Å². The summed E-state index contributed by atoms with van der Waals surface area (Å²) >= 11 is 5.90. The monoisotopic (exact) mass is 335 g/mol. The summed E-state index contributed by atoms with van der Waals surface area (Å²) in [5.74, 6) is -0.801. The van der Waals surface area contributed by atoms with Gasteiger partial charge in [-0.1, -0.05) is 12.8 Å². The molecule has 1 atom stereocenters. The number of nitrogens with one attached hydrogen (secondary N) is 1. The number of halogens is 2. The Balaban J connectivity index is 2.13. The average Bonchev–Trinajstić information content (AvgIpc) is 2.89. The molecule has 1 unspecified atom stereocenters. The van der Waals surface area contributed by atoms with E-state index in [4.69, 9.17) is 20.5 Å². The molecule has 0 radical (unpaired) electrons. The van der Waals surface area contributed by atoms with Gasteiger partial charge in [0.15, 0.2) is 0 Å². The lowest BCUT2D eigenvalue weighted by Crippen LogP contribution is -2.48. The highest BCUT2D eigenvalue weighted by Gasteiger charge is 2.47. The summed E-state index contributed by atoms with van der Waals surface area (Å²) in [6, 6.07) is 4.95. The fraction of sp³-hybridized carbons (Fsp3) is 0.462. The van der Waals surface area contributed by atoms with Crippen LogP contribution in [0.3, 0.4) is 0 Å². The van der Waals surface area contributed by atoms with Crippen LogP contribution in [0.25, 0.3) is 0 Å². The number of carbonyl (C=O) groups excluding carboxylic acids is 1. The third kappa shape index (κ3) is 3.96. The zero-order valence-corrected chi connectivity index (χ0v) is 13.1. The maximum atomic E-state index is 12.8. The van der Waals surface area contributed by atoms with Crippen molar-refractivity contribution in [2.75, 3.05) is 7.11 Å². The Bertz CT molecular complexity index is 560. The number of benzene rings is 1. The van der Waals surface area contributed by atoms with Gasteiger partial charge < -0.3 is 9.26 Å². The van der Waals surface area contributed by atoms with Crippen molar-refractivity contribution in [2.24, 2.45) is 0 Å². The highest BCUT2D eigenvalue weighted by atomic mass is 35.7. The molecule has 1 aliphatic rings. The quantitative estimate of drug-likeness (QED) is 0.657. The predicted molar refractivity (Wildman–Crippen MR) is 76.8 cm³/mol. The van der Waals surface area contributed by atoms with Gasteiger partial charge in [-0.2, -0.15) is 0 Å². The first-order valence-corrected chi connectivity index (χ1v) is 9.03. The van der Waals surface area contributed by atoms with Crippen LogP contribution in [0.4, 0.5) is 4.39 Å². The second-order valence-electron chi connectivity index (χ2n) is 4.92. The molecule has 0 heterocycles. The van der Waals surface area contributed by atoms with Crippen molar-refractivity contribution in [1.29, 1.82) is 0 Å². The standard InChI is InChI=1S/C13H16ClFNO4P/c1-19-12(17)13(8-2-3-9-13)16-21(14,18)20-11-6-4-10(15)5-7-11/h4-7H,2-3,8-9H2,1H3,(H,16,18). The lowest BCUT2D eigenvalue weighted by molar-refractivity contribution is -0.147. The van der Waals surface area contributed by atoms with Gasteiger partial charge in [0.1, 0.15) is 17.1 Å². The van der Waals surface area contributed by atoms with Crippen LogP contribution in [-0.4, -0.2) is 18.6 Å². The lowest BCUT2D eigenvalue weighted by atomic mass is 10.00. The van der Waals surface area contributed by atoms with Gasteiger partial charge in [0.25, 0.3) is 0 Å². The minimum atomic E-state index is -3.81. The Morgan fingerprint density at radius 1 is 1.33 bits per heavy atom. The van der Waals surface area contributed by atoms with Crippen molar-refractivity contribution in [3.05, 3.63) is 30.1 Å². The van der Waals surface area contributed by atoms with Gasteiger partial charge in [-0.15, -0.1) is 0 Å². The molecule has 2 rings (SSSR count). The van der Waals surface area contributed by atoms with E-state index in [0.29, 0.717) is 12.8 Å². The van der Waals surface area contributed by atoms with Crippen molar-refractivity contribution < 1.29 is 23.0 Å². The van der Waals surface area contributed by atoms with E-state index in [0.717, 1.165) is 25.0 Å². The van der Waals surface area contributed by atoms with Crippen LogP contribution in [-0.2, 0) is 14.1 Å². The number of methoxy groups -OCH3 is 1. The predicted octanol–water partition coefficient (Wildman–Crippen LogP) is 3.63. The van der Waals surface area contributed by atoms with Crippen LogP contribution in [0, 0.1) is 5.82 Å². The topological polar surface area (TPSA) is 64.6 Å². The number of ether oxygens (including phenoxy) is 1. The summed E-state index contributed by atoms with van der Waals surface area (Å²) in [5.41, 5.74) is -1.09. The van der Waals surface area contributed by atoms with Gasteiger partial charge >= 0.3 is 12.8 Å². The molecule has 0 spiro atoms. The van der Waals surface area contributed by atoms with E-state index in [-0.39, 0.29) is 5.75 Å². The number of carbonyl (C=O) groups is 1. The summed E-state index contributed by atoms with van der Waals surface area (Å²) < 4.78 is 35.1. The van der Waals surface area contributed by atoms with Gasteiger partial charge in [0.05, 0.1) is 7.11 Å². The maximum Gasteiger partial charge on any atom is 0.410 e. The van der Waals surface area contributed by atoms with Crippen LogP contribution >= 0.6 is 18.1 Å². The van der Waals surface area contributed by atoms with Gasteiger partial charge in [-0.25, -0.2) is 14.0 Å². The van der Waals surface area contributed by atoms with Gasteiger partial charge in [0.2, 0.25) is 0 Å². The molecule has 1 aliphatic carbocycles. The molecule has 8 heteroatoms. The Morgan fingerprint density at radius 3 is 2.43 bits per heavy atom. The molecule has 21 heavy (non-hydrogen) atoms. The number of rotatable bonds is 5. The molecule has 5 nitrogen and oxygen atoms in total. The largest absolute Gasteiger partial charge is 0.468 e. The van der Waals surface area contributed by atoms with Crippen LogP contribution in [0.1, 0.15) is 25.7 Å². The van der Waals surface area contributed by atoms with Crippen LogP contribution < -0.4 is 9.61 Å². The Labute approximate surface area is 127 Å². The Hall–Kier alpha value is -1.10. The highest BCUT2D eigenvalue weighted by Crippen LogP contribution is 2.52. The van der Waals surface area contributed by atoms with E-state index in [1.54, 1.807) is 0 Å². The molecule has 1 N–H and O–H groups in total. The zero-order valence-electron chi connectivity index (χ0n) is 11.5. The van der Waals surface area contributed by atoms with E-state index in [9.17, 15) is 13.8 Å². The van der Waals surface area contributed by atoms with Gasteiger partial charge in [0, 0.05) is 11.2 Å². The second kappa shape index (κ2) is 6.34. The smallest absolute Gasteiger partial charge is 0.410 e. The molecule has 0 saturated heterocycles. The molecule has 0 aliphatic heterocycles. The molecular weight excluding hydrogens is 320 g/mol. The zero-order chi connectivity index (χ0) is 15.5. The number of hydrogen-bond donors (Lipinski definition) is 1. The van der Waals surface area contributed by atoms with E-state index >= 15 is 0 Å². The fourth-order valence-corrected chi connectivity index (χ4v) is 4.43. The van der Waals surface area contributed by atoms with Crippen molar-refractivity contribution in [2.45, 2.75) is 31.2 Å². The molecule has 0 aromatic heterocycles. The molecular formula is C13H16ClFNO4P. The van der Waals surface area contributed by atoms with E-state index < -0.39 is 24.2 Å².